The normalized spacial score (nSPS) is 24.1. The zero-order chi connectivity index (χ0) is 14.8. The summed E-state index contributed by atoms with van der Waals surface area (Å²) in [5, 5.41) is 8.95. The first-order valence-corrected chi connectivity index (χ1v) is 7.74. The maximum absolute atomic E-state index is 12.5. The van der Waals surface area contributed by atoms with Gasteiger partial charge in [-0.05, 0) is 42.7 Å². The number of carbonyl (C=O) groups excluding carboxylic acids is 1. The number of carboxylic acid groups (broad SMARTS) is 1. The number of aryl methyl sites for hydroxylation is 1. The van der Waals surface area contributed by atoms with Crippen molar-refractivity contribution in [3.8, 4) is 0 Å². The standard InChI is InChI=1S/C17H21NO3/c19-16(18-9-3-5-14(18)11-17(20)21)10-13-8-7-12-4-1-2-6-15(12)13/h1-2,4,6,13-14H,3,5,7-11H2,(H,20,21). The molecule has 1 fully saturated rings. The third kappa shape index (κ3) is 2.94. The van der Waals surface area contributed by atoms with Gasteiger partial charge in [0.05, 0.1) is 6.42 Å². The van der Waals surface area contributed by atoms with Crippen molar-refractivity contribution in [2.45, 2.75) is 50.5 Å². The highest BCUT2D eigenvalue weighted by molar-refractivity contribution is 5.79. The predicted octanol–water partition coefficient (Wildman–Crippen LogP) is 2.57. The number of hydrogen-bond donors (Lipinski definition) is 1. The number of benzene rings is 1. The summed E-state index contributed by atoms with van der Waals surface area (Å²) in [4.78, 5) is 25.2. The minimum Gasteiger partial charge on any atom is -0.481 e. The lowest BCUT2D eigenvalue weighted by atomic mass is 9.97. The molecule has 1 N–H and O–H groups in total. The van der Waals surface area contributed by atoms with E-state index in [-0.39, 0.29) is 18.4 Å². The number of nitrogens with zero attached hydrogens (tertiary/aromatic N) is 1. The van der Waals surface area contributed by atoms with E-state index in [0.29, 0.717) is 18.9 Å². The average molecular weight is 287 g/mol. The Balaban J connectivity index is 1.66. The molecule has 0 saturated carbocycles. The molecular weight excluding hydrogens is 266 g/mol. The topological polar surface area (TPSA) is 57.6 Å². The molecule has 0 spiro atoms. The molecule has 0 aromatic heterocycles. The first-order valence-electron chi connectivity index (χ1n) is 7.74. The molecule has 3 rings (SSSR count). The van der Waals surface area contributed by atoms with Gasteiger partial charge in [0, 0.05) is 19.0 Å². The molecule has 1 heterocycles. The highest BCUT2D eigenvalue weighted by Gasteiger charge is 2.33. The van der Waals surface area contributed by atoms with Crippen LogP contribution in [0.5, 0.6) is 0 Å². The molecule has 0 radical (unpaired) electrons. The zero-order valence-electron chi connectivity index (χ0n) is 12.1. The summed E-state index contributed by atoms with van der Waals surface area (Å²) in [6.45, 7) is 0.713. The highest BCUT2D eigenvalue weighted by Crippen LogP contribution is 2.36. The molecule has 1 aromatic carbocycles. The van der Waals surface area contributed by atoms with Crippen LogP contribution in [-0.4, -0.2) is 34.5 Å². The van der Waals surface area contributed by atoms with Crippen LogP contribution < -0.4 is 0 Å². The van der Waals surface area contributed by atoms with Crippen molar-refractivity contribution < 1.29 is 14.7 Å². The highest BCUT2D eigenvalue weighted by atomic mass is 16.4. The fourth-order valence-electron chi connectivity index (χ4n) is 3.76. The van der Waals surface area contributed by atoms with Crippen LogP contribution in [-0.2, 0) is 16.0 Å². The number of rotatable bonds is 4. The van der Waals surface area contributed by atoms with E-state index in [2.05, 4.69) is 12.1 Å². The zero-order valence-corrected chi connectivity index (χ0v) is 12.1. The molecule has 0 bridgehead atoms. The largest absolute Gasteiger partial charge is 0.481 e. The SMILES string of the molecule is O=C(O)CC1CCCN1C(=O)CC1CCc2ccccc21. The maximum atomic E-state index is 12.5. The van der Waals surface area contributed by atoms with Gasteiger partial charge in [0.2, 0.25) is 5.91 Å². The van der Waals surface area contributed by atoms with Gasteiger partial charge in [0.15, 0.2) is 0 Å². The van der Waals surface area contributed by atoms with Crippen LogP contribution in [0.3, 0.4) is 0 Å². The summed E-state index contributed by atoms with van der Waals surface area (Å²) >= 11 is 0. The van der Waals surface area contributed by atoms with Gasteiger partial charge in [-0.3, -0.25) is 9.59 Å². The first-order chi connectivity index (χ1) is 10.1. The molecule has 1 amide bonds. The summed E-state index contributed by atoms with van der Waals surface area (Å²) in [6.07, 6.45) is 4.42. The Morgan fingerprint density at radius 1 is 1.19 bits per heavy atom. The van der Waals surface area contributed by atoms with Crippen molar-refractivity contribution >= 4 is 11.9 Å². The molecule has 2 atom stereocenters. The van der Waals surface area contributed by atoms with Crippen molar-refractivity contribution in [2.24, 2.45) is 0 Å². The predicted molar refractivity (Wildman–Crippen MR) is 79.1 cm³/mol. The van der Waals surface area contributed by atoms with Gasteiger partial charge in [0.1, 0.15) is 0 Å². The average Bonchev–Trinajstić information content (AvgIpc) is 3.06. The van der Waals surface area contributed by atoms with Crippen LogP contribution in [0.4, 0.5) is 0 Å². The van der Waals surface area contributed by atoms with E-state index in [1.165, 1.54) is 11.1 Å². The molecular formula is C17H21NO3. The van der Waals surface area contributed by atoms with E-state index in [1.807, 2.05) is 12.1 Å². The molecule has 4 nitrogen and oxygen atoms in total. The van der Waals surface area contributed by atoms with Gasteiger partial charge in [-0.25, -0.2) is 0 Å². The van der Waals surface area contributed by atoms with Crippen molar-refractivity contribution in [3.05, 3.63) is 35.4 Å². The van der Waals surface area contributed by atoms with Crippen LogP contribution in [0.1, 0.15) is 49.1 Å². The van der Waals surface area contributed by atoms with Gasteiger partial charge in [-0.1, -0.05) is 24.3 Å². The van der Waals surface area contributed by atoms with E-state index in [1.54, 1.807) is 4.90 Å². The number of amides is 1. The van der Waals surface area contributed by atoms with Crippen LogP contribution in [0.25, 0.3) is 0 Å². The Morgan fingerprint density at radius 3 is 2.81 bits per heavy atom. The monoisotopic (exact) mass is 287 g/mol. The third-order valence-corrected chi connectivity index (χ3v) is 4.79. The van der Waals surface area contributed by atoms with E-state index in [4.69, 9.17) is 5.11 Å². The van der Waals surface area contributed by atoms with Crippen LogP contribution >= 0.6 is 0 Å². The lowest BCUT2D eigenvalue weighted by molar-refractivity contribution is -0.140. The molecule has 21 heavy (non-hydrogen) atoms. The number of carbonyl (C=O) groups is 2. The number of carboxylic acids is 1. The lowest BCUT2D eigenvalue weighted by Gasteiger charge is -2.25. The first kappa shape index (κ1) is 14.1. The second-order valence-electron chi connectivity index (χ2n) is 6.12. The minimum absolute atomic E-state index is 0.0764. The van der Waals surface area contributed by atoms with Crippen molar-refractivity contribution in [1.82, 2.24) is 4.90 Å². The van der Waals surface area contributed by atoms with Gasteiger partial charge in [-0.15, -0.1) is 0 Å². The van der Waals surface area contributed by atoms with Gasteiger partial charge in [0.25, 0.3) is 0 Å². The fraction of sp³-hybridized carbons (Fsp3) is 0.529. The molecule has 2 aliphatic rings. The maximum Gasteiger partial charge on any atom is 0.305 e. The lowest BCUT2D eigenvalue weighted by Crippen LogP contribution is -2.37. The number of fused-ring (bicyclic) bond motifs is 1. The molecule has 112 valence electrons. The van der Waals surface area contributed by atoms with Crippen molar-refractivity contribution in [2.75, 3.05) is 6.54 Å². The Hall–Kier alpha value is -1.84. The Labute approximate surface area is 124 Å². The van der Waals surface area contributed by atoms with Crippen molar-refractivity contribution in [3.63, 3.8) is 0 Å². The summed E-state index contributed by atoms with van der Waals surface area (Å²) in [5.74, 6) is -0.383. The fourth-order valence-corrected chi connectivity index (χ4v) is 3.76. The van der Waals surface area contributed by atoms with Gasteiger partial charge in [-0.2, -0.15) is 0 Å². The summed E-state index contributed by atoms with van der Waals surface area (Å²) in [6, 6.07) is 8.24. The third-order valence-electron chi connectivity index (χ3n) is 4.79. The summed E-state index contributed by atoms with van der Waals surface area (Å²) < 4.78 is 0. The molecule has 1 aliphatic carbocycles. The number of likely N-dealkylation sites (tertiary alicyclic amines) is 1. The molecule has 2 unspecified atom stereocenters. The minimum atomic E-state index is -0.814. The Morgan fingerprint density at radius 2 is 2.00 bits per heavy atom. The smallest absolute Gasteiger partial charge is 0.305 e. The van der Waals surface area contributed by atoms with Gasteiger partial charge < -0.3 is 10.0 Å². The van der Waals surface area contributed by atoms with E-state index in [9.17, 15) is 9.59 Å². The van der Waals surface area contributed by atoms with Crippen LogP contribution in [0.15, 0.2) is 24.3 Å². The Bertz CT molecular complexity index is 555. The quantitative estimate of drug-likeness (QED) is 0.926. The van der Waals surface area contributed by atoms with E-state index < -0.39 is 5.97 Å². The molecule has 1 aromatic rings. The summed E-state index contributed by atoms with van der Waals surface area (Å²) in [7, 11) is 0. The van der Waals surface area contributed by atoms with Crippen molar-refractivity contribution in [1.29, 1.82) is 0 Å². The molecule has 4 heteroatoms. The van der Waals surface area contributed by atoms with E-state index >= 15 is 0 Å². The molecule has 1 saturated heterocycles. The summed E-state index contributed by atoms with van der Waals surface area (Å²) in [5.41, 5.74) is 2.67. The second kappa shape index (κ2) is 5.88. The van der Waals surface area contributed by atoms with Crippen LogP contribution in [0, 0.1) is 0 Å². The van der Waals surface area contributed by atoms with Crippen LogP contribution in [0.2, 0.25) is 0 Å². The van der Waals surface area contributed by atoms with E-state index in [0.717, 1.165) is 25.7 Å². The number of hydrogen-bond acceptors (Lipinski definition) is 2. The second-order valence-corrected chi connectivity index (χ2v) is 6.12. The Kier molecular flexibility index (Phi) is 3.95. The number of aliphatic carboxylic acids is 1. The van der Waals surface area contributed by atoms with Gasteiger partial charge >= 0.3 is 5.97 Å². The molecule has 1 aliphatic heterocycles.